The van der Waals surface area contributed by atoms with Crippen LogP contribution in [-0.2, 0) is 20.4 Å². The highest BCUT2D eigenvalue weighted by Crippen LogP contribution is 2.36. The zero-order valence-corrected chi connectivity index (χ0v) is 16.9. The zero-order chi connectivity index (χ0) is 21.8. The second kappa shape index (κ2) is 6.73. The lowest BCUT2D eigenvalue weighted by Crippen LogP contribution is -2.29. The van der Waals surface area contributed by atoms with E-state index in [-0.39, 0.29) is 21.9 Å². The van der Waals surface area contributed by atoms with Gasteiger partial charge in [0.25, 0.3) is 10.0 Å². The van der Waals surface area contributed by atoms with Gasteiger partial charge in [-0.05, 0) is 71.5 Å². The van der Waals surface area contributed by atoms with Gasteiger partial charge in [0.2, 0.25) is 0 Å². The number of benzene rings is 3. The summed E-state index contributed by atoms with van der Waals surface area (Å²) >= 11 is 0. The molecule has 1 N–H and O–H groups in total. The molecule has 0 radical (unpaired) electrons. The van der Waals surface area contributed by atoms with Crippen LogP contribution in [0.3, 0.4) is 0 Å². The average molecular weight is 433 g/mol. The van der Waals surface area contributed by atoms with Gasteiger partial charge in [-0.3, -0.25) is 4.79 Å². The number of rotatable bonds is 3. The van der Waals surface area contributed by atoms with Crippen molar-refractivity contribution in [3.05, 3.63) is 103 Å². The Hall–Kier alpha value is -3.55. The number of hydrogen-bond donors (Lipinski definition) is 1. The molecular weight excluding hydrogens is 417 g/mol. The average Bonchev–Trinajstić information content (AvgIpc) is 3.16. The fourth-order valence-electron chi connectivity index (χ4n) is 3.83. The highest BCUT2D eigenvalue weighted by molar-refractivity contribution is 7.90. The molecule has 1 heterocycles. The van der Waals surface area contributed by atoms with E-state index < -0.39 is 21.4 Å². The Bertz CT molecular complexity index is 1530. The molecular formula is C24H16FNO4S. The van der Waals surface area contributed by atoms with Crippen LogP contribution in [0.15, 0.2) is 95.9 Å². The maximum atomic E-state index is 13.9. The Morgan fingerprint density at radius 1 is 0.839 bits per heavy atom. The molecule has 5 nitrogen and oxygen atoms in total. The zero-order valence-electron chi connectivity index (χ0n) is 16.1. The first-order chi connectivity index (χ1) is 14.8. The van der Waals surface area contributed by atoms with Gasteiger partial charge in [-0.1, -0.05) is 30.3 Å². The van der Waals surface area contributed by atoms with E-state index in [0.717, 1.165) is 14.7 Å². The minimum Gasteiger partial charge on any atom is -0.376 e. The predicted molar refractivity (Wildman–Crippen MR) is 116 cm³/mol. The van der Waals surface area contributed by atoms with Crippen molar-refractivity contribution in [1.29, 1.82) is 0 Å². The molecule has 1 aromatic heterocycles. The monoisotopic (exact) mass is 433 g/mol. The topological polar surface area (TPSA) is 76.4 Å². The number of carbonyl (C=O) groups is 1. The number of allylic oxidation sites excluding steroid dienone is 2. The van der Waals surface area contributed by atoms with Crippen LogP contribution in [0.4, 0.5) is 4.39 Å². The molecule has 0 bridgehead atoms. The van der Waals surface area contributed by atoms with Gasteiger partial charge < -0.3 is 5.11 Å². The molecule has 0 aliphatic heterocycles. The van der Waals surface area contributed by atoms with Crippen LogP contribution in [0.5, 0.6) is 0 Å². The molecule has 154 valence electrons. The van der Waals surface area contributed by atoms with Gasteiger partial charge in [-0.15, -0.1) is 0 Å². The Balaban J connectivity index is 1.81. The number of halogens is 1. The van der Waals surface area contributed by atoms with Crippen LogP contribution in [0.25, 0.3) is 21.7 Å². The highest BCUT2D eigenvalue weighted by atomic mass is 32.2. The molecule has 4 aromatic rings. The maximum Gasteiger partial charge on any atom is 0.268 e. The SMILES string of the molecule is O=C1C=CC(O)(c2cc3cc(F)ccc3n2S(=O)(=O)c2ccc3ccccc3c2)C=C1. The van der Waals surface area contributed by atoms with Gasteiger partial charge in [0.05, 0.1) is 16.1 Å². The lowest BCUT2D eigenvalue weighted by Gasteiger charge is -2.25. The molecule has 1 aliphatic rings. The number of hydrogen-bond acceptors (Lipinski definition) is 4. The van der Waals surface area contributed by atoms with Crippen molar-refractivity contribution in [2.24, 2.45) is 0 Å². The fourth-order valence-corrected chi connectivity index (χ4v) is 5.44. The summed E-state index contributed by atoms with van der Waals surface area (Å²) in [7, 11) is -4.18. The minimum absolute atomic E-state index is 0.0127. The van der Waals surface area contributed by atoms with Crippen molar-refractivity contribution in [1.82, 2.24) is 3.97 Å². The number of fused-ring (bicyclic) bond motifs is 2. The molecule has 0 fully saturated rings. The number of aromatic nitrogens is 1. The Morgan fingerprint density at radius 3 is 2.29 bits per heavy atom. The number of aliphatic hydroxyl groups is 1. The van der Waals surface area contributed by atoms with Gasteiger partial charge in [-0.25, -0.2) is 16.8 Å². The smallest absolute Gasteiger partial charge is 0.268 e. The molecule has 3 aromatic carbocycles. The van der Waals surface area contributed by atoms with E-state index in [9.17, 15) is 22.7 Å². The van der Waals surface area contributed by atoms with E-state index in [1.54, 1.807) is 12.1 Å². The summed E-state index contributed by atoms with van der Waals surface area (Å²) in [4.78, 5) is 11.6. The molecule has 0 unspecified atom stereocenters. The third-order valence-corrected chi connectivity index (χ3v) is 7.12. The summed E-state index contributed by atoms with van der Waals surface area (Å²) in [6.07, 6.45) is 4.80. The minimum atomic E-state index is -4.18. The van der Waals surface area contributed by atoms with E-state index in [1.165, 1.54) is 54.6 Å². The van der Waals surface area contributed by atoms with Crippen LogP contribution in [0, 0.1) is 5.82 Å². The number of nitrogens with zero attached hydrogens (tertiary/aromatic N) is 1. The quantitative estimate of drug-likeness (QED) is 0.529. The van der Waals surface area contributed by atoms with E-state index in [2.05, 4.69) is 0 Å². The molecule has 1 aliphatic carbocycles. The van der Waals surface area contributed by atoms with E-state index in [4.69, 9.17) is 0 Å². The summed E-state index contributed by atoms with van der Waals surface area (Å²) < 4.78 is 42.4. The van der Waals surface area contributed by atoms with Crippen LogP contribution >= 0.6 is 0 Å². The van der Waals surface area contributed by atoms with Crippen molar-refractivity contribution in [2.75, 3.05) is 0 Å². The molecule has 7 heteroatoms. The Labute approximate surface area is 177 Å². The normalized spacial score (nSPS) is 15.7. The van der Waals surface area contributed by atoms with Crippen molar-refractivity contribution < 1.29 is 22.7 Å². The van der Waals surface area contributed by atoms with Crippen molar-refractivity contribution in [2.45, 2.75) is 10.5 Å². The van der Waals surface area contributed by atoms with Crippen LogP contribution < -0.4 is 0 Å². The van der Waals surface area contributed by atoms with Gasteiger partial charge >= 0.3 is 0 Å². The highest BCUT2D eigenvalue weighted by Gasteiger charge is 2.35. The Morgan fingerprint density at radius 2 is 1.55 bits per heavy atom. The van der Waals surface area contributed by atoms with Crippen LogP contribution in [-0.4, -0.2) is 23.3 Å². The summed E-state index contributed by atoms with van der Waals surface area (Å²) in [5.74, 6) is -0.855. The summed E-state index contributed by atoms with van der Waals surface area (Å²) in [6.45, 7) is 0. The summed E-state index contributed by atoms with van der Waals surface area (Å²) in [5, 5.41) is 13.1. The fraction of sp³-hybridized carbons (Fsp3) is 0.0417. The lowest BCUT2D eigenvalue weighted by molar-refractivity contribution is -0.110. The Kier molecular flexibility index (Phi) is 4.22. The third kappa shape index (κ3) is 3.10. The first-order valence-corrected chi connectivity index (χ1v) is 10.9. The standard InChI is InChI=1S/C24H16FNO4S/c25-19-6-8-22-18(13-19)15-23(24(28)11-9-20(27)10-12-24)26(22)31(29,30)21-7-5-16-3-1-2-4-17(16)14-21/h1-15,28H. The molecule has 5 rings (SSSR count). The largest absolute Gasteiger partial charge is 0.376 e. The van der Waals surface area contributed by atoms with E-state index in [1.807, 2.05) is 24.3 Å². The summed E-state index contributed by atoms with van der Waals surface area (Å²) in [5.41, 5.74) is -1.65. The van der Waals surface area contributed by atoms with Gasteiger partial charge in [-0.2, -0.15) is 0 Å². The number of ketones is 1. The van der Waals surface area contributed by atoms with Gasteiger partial charge in [0.15, 0.2) is 5.78 Å². The molecule has 0 saturated heterocycles. The second-order valence-corrected chi connectivity index (χ2v) is 9.19. The van der Waals surface area contributed by atoms with Gasteiger partial charge in [0.1, 0.15) is 11.4 Å². The predicted octanol–water partition coefficient (Wildman–Crippen LogP) is 4.05. The second-order valence-electron chi connectivity index (χ2n) is 7.41. The molecule has 31 heavy (non-hydrogen) atoms. The molecule has 0 amide bonds. The first kappa shape index (κ1) is 19.4. The number of carbonyl (C=O) groups excluding carboxylic acids is 1. The third-order valence-electron chi connectivity index (χ3n) is 5.39. The summed E-state index contributed by atoms with van der Waals surface area (Å²) in [6, 6.07) is 17.3. The lowest BCUT2D eigenvalue weighted by atomic mass is 9.94. The molecule has 0 atom stereocenters. The van der Waals surface area contributed by atoms with Crippen molar-refractivity contribution in [3.8, 4) is 0 Å². The van der Waals surface area contributed by atoms with Crippen molar-refractivity contribution in [3.63, 3.8) is 0 Å². The van der Waals surface area contributed by atoms with Gasteiger partial charge in [0, 0.05) is 5.39 Å². The van der Waals surface area contributed by atoms with Crippen LogP contribution in [0.1, 0.15) is 5.69 Å². The molecule has 0 spiro atoms. The maximum absolute atomic E-state index is 13.9. The van der Waals surface area contributed by atoms with Crippen LogP contribution in [0.2, 0.25) is 0 Å². The van der Waals surface area contributed by atoms with E-state index >= 15 is 0 Å². The molecule has 0 saturated carbocycles. The van der Waals surface area contributed by atoms with Crippen molar-refractivity contribution >= 4 is 37.5 Å². The van der Waals surface area contributed by atoms with E-state index in [0.29, 0.717) is 5.39 Å². The first-order valence-electron chi connectivity index (χ1n) is 9.49.